The van der Waals surface area contributed by atoms with Gasteiger partial charge in [0.2, 0.25) is 0 Å². The predicted molar refractivity (Wildman–Crippen MR) is 90.0 cm³/mol. The average molecular weight is 346 g/mol. The maximum Gasteiger partial charge on any atom is 0.314 e. The molecule has 1 aromatic heterocycles. The molecule has 126 valence electrons. The Morgan fingerprint density at radius 2 is 2.17 bits per heavy atom. The van der Waals surface area contributed by atoms with Crippen LogP contribution in [-0.4, -0.2) is 25.5 Å². The van der Waals surface area contributed by atoms with Crippen LogP contribution in [0.15, 0.2) is 29.6 Å². The van der Waals surface area contributed by atoms with Crippen LogP contribution in [0.3, 0.4) is 0 Å². The highest BCUT2D eigenvalue weighted by atomic mass is 32.1. The molecule has 2 heterocycles. The molecule has 1 aliphatic rings. The Morgan fingerprint density at radius 3 is 2.92 bits per heavy atom. The van der Waals surface area contributed by atoms with Crippen LogP contribution >= 0.6 is 11.3 Å². The van der Waals surface area contributed by atoms with Crippen molar-refractivity contribution < 1.29 is 23.8 Å². The van der Waals surface area contributed by atoms with Gasteiger partial charge in [-0.15, -0.1) is 11.3 Å². The molecule has 0 saturated heterocycles. The number of esters is 1. The number of hydrogen-bond acceptors (Lipinski definition) is 6. The Hall–Kier alpha value is -2.18. The molecule has 0 radical (unpaired) electrons. The highest BCUT2D eigenvalue weighted by molar-refractivity contribution is 7.10. The van der Waals surface area contributed by atoms with Crippen molar-refractivity contribution in [2.24, 2.45) is 0 Å². The summed E-state index contributed by atoms with van der Waals surface area (Å²) >= 11 is 1.59. The highest BCUT2D eigenvalue weighted by Gasteiger charge is 2.26. The molecule has 0 N–H and O–H groups in total. The minimum atomic E-state index is -0.433. The minimum absolute atomic E-state index is 0.113. The quantitative estimate of drug-likeness (QED) is 0.470. The van der Waals surface area contributed by atoms with Gasteiger partial charge in [0.05, 0.1) is 25.7 Å². The molecule has 1 atom stereocenters. The predicted octanol–water partition coefficient (Wildman–Crippen LogP) is 3.57. The molecule has 0 unspecified atom stereocenters. The van der Waals surface area contributed by atoms with Gasteiger partial charge in [-0.3, -0.25) is 9.59 Å². The van der Waals surface area contributed by atoms with Gasteiger partial charge in [0.15, 0.2) is 5.78 Å². The van der Waals surface area contributed by atoms with E-state index in [4.69, 9.17) is 14.2 Å². The first-order valence-electron chi connectivity index (χ1n) is 7.66. The van der Waals surface area contributed by atoms with Crippen molar-refractivity contribution in [3.05, 3.63) is 45.6 Å². The van der Waals surface area contributed by atoms with Gasteiger partial charge in [-0.1, -0.05) is 0 Å². The Balaban J connectivity index is 1.75. The first kappa shape index (κ1) is 16.7. The van der Waals surface area contributed by atoms with Gasteiger partial charge in [0.25, 0.3) is 0 Å². The number of ether oxygens (including phenoxy) is 3. The lowest BCUT2D eigenvalue weighted by molar-refractivity contribution is -0.137. The van der Waals surface area contributed by atoms with E-state index in [2.05, 4.69) is 6.07 Å². The summed E-state index contributed by atoms with van der Waals surface area (Å²) in [6.45, 7) is 2.03. The van der Waals surface area contributed by atoms with Gasteiger partial charge in [-0.2, -0.15) is 0 Å². The number of Topliss-reactive ketones (excluding diaryl/α,β-unsaturated/α-hetero) is 1. The molecule has 1 aliphatic heterocycles. The van der Waals surface area contributed by atoms with Crippen LogP contribution in [-0.2, 0) is 16.0 Å². The van der Waals surface area contributed by atoms with Gasteiger partial charge in [-0.05, 0) is 42.5 Å². The minimum Gasteiger partial charge on any atom is -0.497 e. The standard InChI is InChI=1S/C18H18O5S/c1-11(19)14-4-3-13(21-2)9-15(14)23-17(20)10-16-18-12(5-7-22-16)6-8-24-18/h3-4,6,8-9,16H,5,7,10H2,1-2H3/t16-/m0/s1. The second kappa shape index (κ2) is 7.15. The van der Waals surface area contributed by atoms with E-state index in [0.29, 0.717) is 17.9 Å². The summed E-state index contributed by atoms with van der Waals surface area (Å²) in [7, 11) is 1.52. The summed E-state index contributed by atoms with van der Waals surface area (Å²) in [6.07, 6.45) is 0.698. The van der Waals surface area contributed by atoms with Crippen LogP contribution in [0.4, 0.5) is 0 Å². The number of carbonyl (C=O) groups excluding carboxylic acids is 2. The van der Waals surface area contributed by atoms with E-state index >= 15 is 0 Å². The van der Waals surface area contributed by atoms with Crippen molar-refractivity contribution in [3.63, 3.8) is 0 Å². The maximum absolute atomic E-state index is 12.3. The van der Waals surface area contributed by atoms with Crippen LogP contribution in [0.25, 0.3) is 0 Å². The van der Waals surface area contributed by atoms with E-state index in [1.54, 1.807) is 29.5 Å². The van der Waals surface area contributed by atoms with Crippen molar-refractivity contribution in [3.8, 4) is 11.5 Å². The molecule has 6 heteroatoms. The van der Waals surface area contributed by atoms with Gasteiger partial charge >= 0.3 is 5.97 Å². The third kappa shape index (κ3) is 3.49. The molecule has 0 amide bonds. The van der Waals surface area contributed by atoms with Crippen LogP contribution < -0.4 is 9.47 Å². The van der Waals surface area contributed by atoms with Crippen molar-refractivity contribution >= 4 is 23.1 Å². The van der Waals surface area contributed by atoms with Gasteiger partial charge < -0.3 is 14.2 Å². The van der Waals surface area contributed by atoms with Crippen LogP contribution in [0.5, 0.6) is 11.5 Å². The van der Waals surface area contributed by atoms with E-state index in [-0.39, 0.29) is 24.1 Å². The smallest absolute Gasteiger partial charge is 0.314 e. The van der Waals surface area contributed by atoms with Gasteiger partial charge in [-0.25, -0.2) is 0 Å². The summed E-state index contributed by atoms with van der Waals surface area (Å²) in [4.78, 5) is 25.1. The van der Waals surface area contributed by atoms with E-state index in [1.807, 2.05) is 5.38 Å². The summed E-state index contributed by atoms with van der Waals surface area (Å²) < 4.78 is 16.3. The number of ketones is 1. The normalized spacial score (nSPS) is 16.3. The number of hydrogen-bond donors (Lipinski definition) is 0. The van der Waals surface area contributed by atoms with E-state index in [9.17, 15) is 9.59 Å². The fourth-order valence-electron chi connectivity index (χ4n) is 2.70. The Bertz CT molecular complexity index is 765. The molecular formula is C18H18O5S. The van der Waals surface area contributed by atoms with Crippen molar-refractivity contribution in [1.29, 1.82) is 0 Å². The summed E-state index contributed by atoms with van der Waals surface area (Å²) in [5.41, 5.74) is 1.58. The third-order valence-electron chi connectivity index (χ3n) is 3.91. The molecule has 0 fully saturated rings. The number of carbonyl (C=O) groups is 2. The summed E-state index contributed by atoms with van der Waals surface area (Å²) in [5.74, 6) is 0.137. The number of fused-ring (bicyclic) bond motifs is 1. The average Bonchev–Trinajstić information content (AvgIpc) is 3.04. The topological polar surface area (TPSA) is 61.8 Å². The number of methoxy groups -OCH3 is 1. The van der Waals surface area contributed by atoms with Crippen molar-refractivity contribution in [2.75, 3.05) is 13.7 Å². The first-order chi connectivity index (χ1) is 11.6. The van der Waals surface area contributed by atoms with Crippen molar-refractivity contribution in [1.82, 2.24) is 0 Å². The third-order valence-corrected chi connectivity index (χ3v) is 4.96. The monoisotopic (exact) mass is 346 g/mol. The zero-order valence-electron chi connectivity index (χ0n) is 13.5. The fraction of sp³-hybridized carbons (Fsp3) is 0.333. The SMILES string of the molecule is COc1ccc(C(C)=O)c(OC(=O)C[C@@H]2OCCc3ccsc32)c1. The number of rotatable bonds is 5. The lowest BCUT2D eigenvalue weighted by Crippen LogP contribution is -2.20. The van der Waals surface area contributed by atoms with Crippen LogP contribution in [0, 0.1) is 0 Å². The molecular weight excluding hydrogens is 328 g/mol. The molecule has 1 aromatic carbocycles. The molecule has 0 saturated carbocycles. The molecule has 0 spiro atoms. The molecule has 2 aromatic rings. The second-order valence-electron chi connectivity index (χ2n) is 5.52. The first-order valence-corrected chi connectivity index (χ1v) is 8.54. The van der Waals surface area contributed by atoms with Crippen LogP contribution in [0.1, 0.15) is 40.2 Å². The van der Waals surface area contributed by atoms with Gasteiger partial charge in [0, 0.05) is 10.9 Å². The number of benzene rings is 1. The molecule has 5 nitrogen and oxygen atoms in total. The Kier molecular flexibility index (Phi) is 4.97. The lowest BCUT2D eigenvalue weighted by atomic mass is 10.1. The molecule has 0 aliphatic carbocycles. The zero-order chi connectivity index (χ0) is 17.1. The van der Waals surface area contributed by atoms with Crippen LogP contribution in [0.2, 0.25) is 0 Å². The zero-order valence-corrected chi connectivity index (χ0v) is 14.4. The molecule has 24 heavy (non-hydrogen) atoms. The highest BCUT2D eigenvalue weighted by Crippen LogP contribution is 2.34. The van der Waals surface area contributed by atoms with E-state index in [1.165, 1.54) is 19.6 Å². The maximum atomic E-state index is 12.3. The number of thiophene rings is 1. The summed E-state index contributed by atoms with van der Waals surface area (Å²) in [5, 5.41) is 2.01. The Labute approximate surface area is 144 Å². The fourth-order valence-corrected chi connectivity index (χ4v) is 3.70. The second-order valence-corrected chi connectivity index (χ2v) is 6.46. The van der Waals surface area contributed by atoms with E-state index in [0.717, 1.165) is 11.3 Å². The molecule has 3 rings (SSSR count). The lowest BCUT2D eigenvalue weighted by Gasteiger charge is -2.22. The Morgan fingerprint density at radius 1 is 1.33 bits per heavy atom. The molecule has 0 bridgehead atoms. The largest absolute Gasteiger partial charge is 0.497 e. The summed E-state index contributed by atoms with van der Waals surface area (Å²) in [6, 6.07) is 6.87. The van der Waals surface area contributed by atoms with Crippen molar-refractivity contribution in [2.45, 2.75) is 25.9 Å². The van der Waals surface area contributed by atoms with Gasteiger partial charge in [0.1, 0.15) is 17.6 Å². The van der Waals surface area contributed by atoms with E-state index < -0.39 is 5.97 Å².